The van der Waals surface area contributed by atoms with E-state index >= 15 is 0 Å². The summed E-state index contributed by atoms with van der Waals surface area (Å²) >= 11 is 0. The molecular formula is C26H39N5O6. The molecule has 2 atom stereocenters. The summed E-state index contributed by atoms with van der Waals surface area (Å²) in [5.41, 5.74) is 5.73. The Morgan fingerprint density at radius 1 is 1.14 bits per heavy atom. The van der Waals surface area contributed by atoms with E-state index in [1.807, 2.05) is 27.7 Å². The number of urea groups is 1. The Bertz CT molecular complexity index is 976. The first-order chi connectivity index (χ1) is 17.4. The number of anilines is 1. The molecule has 204 valence electrons. The predicted octanol–water partition coefficient (Wildman–Crippen LogP) is 2.07. The zero-order valence-electron chi connectivity index (χ0n) is 21.9. The molecule has 0 spiro atoms. The lowest BCUT2D eigenvalue weighted by molar-refractivity contribution is -0.139. The molecule has 0 aliphatic rings. The first-order valence-electron chi connectivity index (χ1n) is 12.1. The van der Waals surface area contributed by atoms with Crippen LogP contribution in [-0.2, 0) is 25.7 Å². The number of amides is 4. The van der Waals surface area contributed by atoms with Gasteiger partial charge in [0, 0.05) is 18.7 Å². The molecule has 0 aliphatic heterocycles. The van der Waals surface area contributed by atoms with Crippen molar-refractivity contribution in [3.63, 3.8) is 0 Å². The lowest BCUT2D eigenvalue weighted by Gasteiger charge is -2.27. The topological polar surface area (TPSA) is 172 Å². The third kappa shape index (κ3) is 12.1. The number of hydrogen-bond donors (Lipinski definition) is 6. The minimum atomic E-state index is -0.936. The van der Waals surface area contributed by atoms with Crippen molar-refractivity contribution < 1.29 is 29.0 Å². The number of aromatic hydroxyl groups is 1. The van der Waals surface area contributed by atoms with Crippen LogP contribution in [-0.4, -0.2) is 53.6 Å². The fraction of sp³-hybridized carbons (Fsp3) is 0.462. The molecule has 0 heterocycles. The zero-order valence-corrected chi connectivity index (χ0v) is 21.9. The molecule has 11 nitrogen and oxygen atoms in total. The van der Waals surface area contributed by atoms with Crippen LogP contribution in [0.5, 0.6) is 5.75 Å². The zero-order chi connectivity index (χ0) is 28.0. The van der Waals surface area contributed by atoms with Crippen LogP contribution in [0.4, 0.5) is 10.5 Å². The summed E-state index contributed by atoms with van der Waals surface area (Å²) in [5.74, 6) is -1.69. The van der Waals surface area contributed by atoms with Gasteiger partial charge < -0.3 is 36.8 Å². The summed E-state index contributed by atoms with van der Waals surface area (Å²) in [6.45, 7) is 11.3. The van der Waals surface area contributed by atoms with Crippen molar-refractivity contribution in [1.29, 1.82) is 0 Å². The molecular weight excluding hydrogens is 478 g/mol. The van der Waals surface area contributed by atoms with Gasteiger partial charge in [0.05, 0.1) is 11.7 Å². The van der Waals surface area contributed by atoms with Crippen LogP contribution in [0.25, 0.3) is 0 Å². The molecule has 11 heteroatoms. The molecule has 0 aromatic heterocycles. The number of phenolic OH excluding ortho intramolecular Hbond substituents is 1. The maximum atomic E-state index is 13.1. The third-order valence-electron chi connectivity index (χ3n) is 5.13. The first-order valence-corrected chi connectivity index (χ1v) is 12.1. The number of carbonyl (C=O) groups is 4. The van der Waals surface area contributed by atoms with Gasteiger partial charge in [-0.1, -0.05) is 52.5 Å². The molecule has 1 rings (SSSR count). The number of nitrogens with one attached hydrogen (secondary N) is 4. The van der Waals surface area contributed by atoms with E-state index in [0.717, 1.165) is 0 Å². The number of ether oxygens (including phenoxy) is 1. The molecule has 0 saturated carbocycles. The van der Waals surface area contributed by atoms with E-state index in [0.29, 0.717) is 12.0 Å². The molecule has 0 aliphatic carbocycles. The van der Waals surface area contributed by atoms with Gasteiger partial charge in [-0.3, -0.25) is 9.59 Å². The van der Waals surface area contributed by atoms with Crippen LogP contribution >= 0.6 is 0 Å². The number of benzene rings is 1. The monoisotopic (exact) mass is 517 g/mol. The Balaban J connectivity index is 2.94. The average molecular weight is 518 g/mol. The Kier molecular flexibility index (Phi) is 13.5. The van der Waals surface area contributed by atoms with E-state index < -0.39 is 30.0 Å². The lowest BCUT2D eigenvalue weighted by atomic mass is 10.0. The maximum Gasteiger partial charge on any atom is 0.331 e. The average Bonchev–Trinajstić information content (AvgIpc) is 2.82. The molecule has 0 bridgehead atoms. The number of rotatable bonds is 15. The number of hydrogen-bond acceptors (Lipinski definition) is 7. The number of esters is 1. The fourth-order valence-electron chi connectivity index (χ4n) is 3.32. The molecule has 0 unspecified atom stereocenters. The summed E-state index contributed by atoms with van der Waals surface area (Å²) in [6.07, 6.45) is 4.70. The van der Waals surface area contributed by atoms with Crippen LogP contribution in [0.3, 0.4) is 0 Å². The largest absolute Gasteiger partial charge is 0.506 e. The van der Waals surface area contributed by atoms with Crippen molar-refractivity contribution >= 4 is 29.5 Å². The quantitative estimate of drug-likeness (QED) is 0.0679. The van der Waals surface area contributed by atoms with Crippen LogP contribution < -0.4 is 27.0 Å². The number of phenols is 1. The normalized spacial score (nSPS) is 12.7. The molecule has 4 amide bonds. The van der Waals surface area contributed by atoms with E-state index in [-0.39, 0.29) is 48.9 Å². The number of allylic oxidation sites excluding steroid dienone is 2. The lowest BCUT2D eigenvalue weighted by Crippen LogP contribution is -2.54. The minimum absolute atomic E-state index is 0.0272. The summed E-state index contributed by atoms with van der Waals surface area (Å²) in [5, 5.41) is 21.5. The SMILES string of the molecule is C=C/C=C/C(=O)OCc1ccc(NC(=O)[C@@H](CCCNC(N)=O)NC(=O)[C@H](NC(C)C)C(C)C)c(O)c1. The van der Waals surface area contributed by atoms with Crippen LogP contribution in [0.2, 0.25) is 0 Å². The number of nitrogens with two attached hydrogens (primary N) is 1. The molecule has 37 heavy (non-hydrogen) atoms. The molecule has 0 radical (unpaired) electrons. The molecule has 0 fully saturated rings. The minimum Gasteiger partial charge on any atom is -0.506 e. The van der Waals surface area contributed by atoms with Gasteiger partial charge in [-0.25, -0.2) is 9.59 Å². The Morgan fingerprint density at radius 2 is 1.84 bits per heavy atom. The second-order valence-electron chi connectivity index (χ2n) is 9.08. The van der Waals surface area contributed by atoms with E-state index in [1.165, 1.54) is 30.4 Å². The number of primary amides is 1. The fourth-order valence-corrected chi connectivity index (χ4v) is 3.32. The van der Waals surface area contributed by atoms with Crippen molar-refractivity contribution in [1.82, 2.24) is 16.0 Å². The van der Waals surface area contributed by atoms with E-state index in [4.69, 9.17) is 10.5 Å². The third-order valence-corrected chi connectivity index (χ3v) is 5.13. The van der Waals surface area contributed by atoms with Crippen LogP contribution in [0, 0.1) is 5.92 Å². The van der Waals surface area contributed by atoms with Gasteiger partial charge in [-0.2, -0.15) is 0 Å². The van der Waals surface area contributed by atoms with E-state index in [1.54, 1.807) is 6.07 Å². The Labute approximate surface area is 217 Å². The van der Waals surface area contributed by atoms with Gasteiger partial charge in [0.2, 0.25) is 11.8 Å². The summed E-state index contributed by atoms with van der Waals surface area (Å²) < 4.78 is 5.06. The highest BCUT2D eigenvalue weighted by Gasteiger charge is 2.28. The van der Waals surface area contributed by atoms with Gasteiger partial charge in [-0.15, -0.1) is 0 Å². The highest BCUT2D eigenvalue weighted by molar-refractivity contribution is 5.98. The van der Waals surface area contributed by atoms with Crippen molar-refractivity contribution in [2.75, 3.05) is 11.9 Å². The smallest absolute Gasteiger partial charge is 0.331 e. The van der Waals surface area contributed by atoms with Gasteiger partial charge >= 0.3 is 12.0 Å². The first kappa shape index (κ1) is 31.2. The van der Waals surface area contributed by atoms with Crippen molar-refractivity contribution in [2.24, 2.45) is 11.7 Å². The van der Waals surface area contributed by atoms with E-state index in [2.05, 4.69) is 27.8 Å². The summed E-state index contributed by atoms with van der Waals surface area (Å²) in [7, 11) is 0. The second-order valence-corrected chi connectivity index (χ2v) is 9.08. The van der Waals surface area contributed by atoms with Gasteiger partial charge in [0.15, 0.2) is 0 Å². The van der Waals surface area contributed by atoms with E-state index in [9.17, 15) is 24.3 Å². The van der Waals surface area contributed by atoms with Gasteiger partial charge in [0.25, 0.3) is 0 Å². The van der Waals surface area contributed by atoms with Crippen molar-refractivity contribution in [2.45, 2.75) is 65.3 Å². The number of carbonyl (C=O) groups excluding carboxylic acids is 4. The van der Waals surface area contributed by atoms with Gasteiger partial charge in [-0.05, 0) is 36.5 Å². The summed E-state index contributed by atoms with van der Waals surface area (Å²) in [6, 6.07) is 2.35. The predicted molar refractivity (Wildman–Crippen MR) is 142 cm³/mol. The second kappa shape index (κ2) is 16.0. The van der Waals surface area contributed by atoms with Crippen LogP contribution in [0.15, 0.2) is 43.0 Å². The molecule has 0 saturated heterocycles. The molecule has 1 aromatic carbocycles. The van der Waals surface area contributed by atoms with Crippen molar-refractivity contribution in [3.05, 3.63) is 48.6 Å². The van der Waals surface area contributed by atoms with Crippen LogP contribution in [0.1, 0.15) is 46.1 Å². The van der Waals surface area contributed by atoms with Crippen molar-refractivity contribution in [3.8, 4) is 5.75 Å². The summed E-state index contributed by atoms with van der Waals surface area (Å²) in [4.78, 5) is 48.6. The maximum absolute atomic E-state index is 13.1. The molecule has 7 N–H and O–H groups in total. The standard InChI is InChI=1S/C26H39N5O6/c1-6-7-10-22(33)37-15-18-11-12-19(21(32)14-18)30-24(34)20(9-8-13-28-26(27)36)31-25(35)23(16(2)3)29-17(4)5/h6-7,10-12,14,16-17,20,23,29,32H,1,8-9,13,15H2,2-5H3,(H,30,34)(H,31,35)(H3,27,28,36)/b10-7+/t20-,23-/m1/s1. The molecule has 1 aromatic rings. The highest BCUT2D eigenvalue weighted by atomic mass is 16.5. The van der Waals surface area contributed by atoms with Gasteiger partial charge in [0.1, 0.15) is 18.4 Å². The highest BCUT2D eigenvalue weighted by Crippen LogP contribution is 2.25. The Morgan fingerprint density at radius 3 is 2.41 bits per heavy atom. The Hall–Kier alpha value is -3.86.